The predicted octanol–water partition coefficient (Wildman–Crippen LogP) is 2.79. The van der Waals surface area contributed by atoms with Gasteiger partial charge >= 0.3 is 0 Å². The number of hydrogen-bond acceptors (Lipinski definition) is 4. The fourth-order valence-corrected chi connectivity index (χ4v) is 3.83. The number of halogens is 1. The van der Waals surface area contributed by atoms with Crippen molar-refractivity contribution in [1.82, 2.24) is 0 Å². The molecule has 0 bridgehead atoms. The summed E-state index contributed by atoms with van der Waals surface area (Å²) in [6.07, 6.45) is 0. The molecule has 0 atom stereocenters. The van der Waals surface area contributed by atoms with Crippen LogP contribution >= 0.6 is 22.6 Å². The topological polar surface area (TPSA) is 79.5 Å². The van der Waals surface area contributed by atoms with E-state index in [-0.39, 0.29) is 17.3 Å². The number of hydrogen-bond donors (Lipinski definition) is 2. The molecule has 2 N–H and O–H groups in total. The zero-order valence-electron chi connectivity index (χ0n) is 11.0. The van der Waals surface area contributed by atoms with Crippen LogP contribution < -0.4 is 4.72 Å². The largest absolute Gasteiger partial charge is 0.465 e. The van der Waals surface area contributed by atoms with Gasteiger partial charge in [0.25, 0.3) is 10.0 Å². The van der Waals surface area contributed by atoms with Gasteiger partial charge in [-0.2, -0.15) is 0 Å². The summed E-state index contributed by atoms with van der Waals surface area (Å²) in [6.45, 7) is 2.81. The molecule has 7 heteroatoms. The Morgan fingerprint density at radius 3 is 2.35 bits per heavy atom. The third-order valence-corrected chi connectivity index (χ3v) is 5.14. The van der Waals surface area contributed by atoms with Crippen LogP contribution in [-0.2, 0) is 16.6 Å². The number of rotatable bonds is 4. The fourth-order valence-electron chi connectivity index (χ4n) is 1.97. The van der Waals surface area contributed by atoms with Crippen molar-refractivity contribution in [1.29, 1.82) is 0 Å². The lowest BCUT2D eigenvalue weighted by molar-refractivity contribution is 0.276. The van der Waals surface area contributed by atoms with Gasteiger partial charge < -0.3 is 9.52 Å². The van der Waals surface area contributed by atoms with E-state index in [1.807, 2.05) is 0 Å². The monoisotopic (exact) mass is 407 g/mol. The minimum Gasteiger partial charge on any atom is -0.465 e. The molecule has 0 unspecified atom stereocenters. The molecule has 108 valence electrons. The molecule has 0 spiro atoms. The molecule has 0 amide bonds. The lowest BCUT2D eigenvalue weighted by Gasteiger charge is -2.08. The number of furan rings is 1. The van der Waals surface area contributed by atoms with Gasteiger partial charge in [0.1, 0.15) is 16.4 Å². The SMILES string of the molecule is Cc1oc(C)c(S(=O)(=O)Nc2ccc(I)cc2)c1CO. The minimum absolute atomic E-state index is 0.0102. The molecule has 0 saturated carbocycles. The van der Waals surface area contributed by atoms with E-state index in [0.717, 1.165) is 3.57 Å². The highest BCUT2D eigenvalue weighted by molar-refractivity contribution is 14.1. The van der Waals surface area contributed by atoms with Crippen molar-refractivity contribution in [2.45, 2.75) is 25.3 Å². The summed E-state index contributed by atoms with van der Waals surface area (Å²) in [4.78, 5) is 0.0102. The first kappa shape index (κ1) is 15.3. The second-order valence-electron chi connectivity index (χ2n) is 4.29. The zero-order chi connectivity index (χ0) is 14.9. The van der Waals surface area contributed by atoms with Gasteiger partial charge in [-0.3, -0.25) is 4.72 Å². The van der Waals surface area contributed by atoms with Crippen molar-refractivity contribution in [2.24, 2.45) is 0 Å². The summed E-state index contributed by atoms with van der Waals surface area (Å²) in [5.74, 6) is 0.678. The first-order valence-corrected chi connectivity index (χ1v) is 8.39. The molecule has 5 nitrogen and oxygen atoms in total. The van der Waals surface area contributed by atoms with Gasteiger partial charge in [-0.25, -0.2) is 8.42 Å². The van der Waals surface area contributed by atoms with Gasteiger partial charge in [0, 0.05) is 14.8 Å². The Balaban J connectivity index is 2.43. The average Bonchev–Trinajstić information content (AvgIpc) is 2.66. The van der Waals surface area contributed by atoms with E-state index in [2.05, 4.69) is 27.3 Å². The maximum absolute atomic E-state index is 12.4. The normalized spacial score (nSPS) is 11.6. The van der Waals surface area contributed by atoms with Crippen LogP contribution in [-0.4, -0.2) is 13.5 Å². The van der Waals surface area contributed by atoms with Crippen LogP contribution in [0, 0.1) is 17.4 Å². The van der Waals surface area contributed by atoms with Crippen molar-refractivity contribution in [3.05, 3.63) is 44.9 Å². The average molecular weight is 407 g/mol. The molecule has 0 saturated heterocycles. The smallest absolute Gasteiger partial charge is 0.265 e. The van der Waals surface area contributed by atoms with Crippen molar-refractivity contribution in [2.75, 3.05) is 4.72 Å². The Kier molecular flexibility index (Phi) is 4.40. The molecule has 2 rings (SSSR count). The lowest BCUT2D eigenvalue weighted by Crippen LogP contribution is -2.15. The van der Waals surface area contributed by atoms with E-state index < -0.39 is 10.0 Å². The van der Waals surface area contributed by atoms with Crippen LogP contribution in [0.2, 0.25) is 0 Å². The molecular formula is C13H14INO4S. The van der Waals surface area contributed by atoms with Gasteiger partial charge in [-0.1, -0.05) is 0 Å². The Labute approximate surface area is 131 Å². The van der Waals surface area contributed by atoms with Gasteiger partial charge in [0.05, 0.1) is 6.61 Å². The highest BCUT2D eigenvalue weighted by Crippen LogP contribution is 2.28. The number of sulfonamides is 1. The molecule has 1 aromatic carbocycles. The number of aryl methyl sites for hydroxylation is 2. The summed E-state index contributed by atoms with van der Waals surface area (Å²) >= 11 is 2.14. The van der Waals surface area contributed by atoms with E-state index in [0.29, 0.717) is 17.0 Å². The molecule has 0 aliphatic carbocycles. The Hall–Kier alpha value is -1.06. The van der Waals surface area contributed by atoms with E-state index >= 15 is 0 Å². The highest BCUT2D eigenvalue weighted by atomic mass is 127. The summed E-state index contributed by atoms with van der Waals surface area (Å²) < 4.78 is 33.6. The van der Waals surface area contributed by atoms with Gasteiger partial charge in [-0.15, -0.1) is 0 Å². The summed E-state index contributed by atoms with van der Waals surface area (Å²) in [5, 5.41) is 9.33. The molecule has 0 aliphatic heterocycles. The first-order chi connectivity index (χ1) is 9.35. The van der Waals surface area contributed by atoms with Crippen LogP contribution in [0.3, 0.4) is 0 Å². The molecule has 2 aromatic rings. The van der Waals surface area contributed by atoms with Gasteiger partial charge in [0.2, 0.25) is 0 Å². The maximum Gasteiger partial charge on any atom is 0.265 e. The molecule has 0 radical (unpaired) electrons. The maximum atomic E-state index is 12.4. The van der Waals surface area contributed by atoms with Crippen LogP contribution in [0.4, 0.5) is 5.69 Å². The van der Waals surface area contributed by atoms with E-state index in [1.165, 1.54) is 0 Å². The first-order valence-electron chi connectivity index (χ1n) is 5.83. The van der Waals surface area contributed by atoms with Crippen LogP contribution in [0.1, 0.15) is 17.1 Å². The third kappa shape index (κ3) is 2.99. The number of anilines is 1. The Morgan fingerprint density at radius 2 is 1.80 bits per heavy atom. The summed E-state index contributed by atoms with van der Waals surface area (Å²) in [6, 6.07) is 6.97. The third-order valence-electron chi connectivity index (χ3n) is 2.85. The van der Waals surface area contributed by atoms with Gasteiger partial charge in [-0.05, 0) is 60.7 Å². The molecule has 0 aliphatic rings. The number of benzene rings is 1. The van der Waals surface area contributed by atoms with Crippen LogP contribution in [0.25, 0.3) is 0 Å². The van der Waals surface area contributed by atoms with Crippen molar-refractivity contribution in [3.8, 4) is 0 Å². The molecular weight excluding hydrogens is 393 g/mol. The number of nitrogens with one attached hydrogen (secondary N) is 1. The van der Waals surface area contributed by atoms with Crippen molar-refractivity contribution >= 4 is 38.3 Å². The van der Waals surface area contributed by atoms with E-state index in [4.69, 9.17) is 4.42 Å². The van der Waals surface area contributed by atoms with Crippen molar-refractivity contribution in [3.63, 3.8) is 0 Å². The summed E-state index contributed by atoms with van der Waals surface area (Å²) in [5.41, 5.74) is 0.757. The van der Waals surface area contributed by atoms with E-state index in [9.17, 15) is 13.5 Å². The second kappa shape index (κ2) is 5.74. The predicted molar refractivity (Wildman–Crippen MR) is 84.1 cm³/mol. The summed E-state index contributed by atoms with van der Waals surface area (Å²) in [7, 11) is -3.78. The molecule has 1 aromatic heterocycles. The van der Waals surface area contributed by atoms with E-state index in [1.54, 1.807) is 38.1 Å². The zero-order valence-corrected chi connectivity index (χ0v) is 13.9. The van der Waals surface area contributed by atoms with Crippen LogP contribution in [0.5, 0.6) is 0 Å². The Bertz CT molecular complexity index is 720. The lowest BCUT2D eigenvalue weighted by atomic mass is 10.2. The standard InChI is InChI=1S/C13H14INO4S/c1-8-12(7-16)13(9(2)19-8)20(17,18)15-11-5-3-10(14)4-6-11/h3-6,15-16H,7H2,1-2H3. The second-order valence-corrected chi connectivity index (χ2v) is 7.16. The molecule has 20 heavy (non-hydrogen) atoms. The molecule has 0 fully saturated rings. The van der Waals surface area contributed by atoms with Crippen molar-refractivity contribution < 1.29 is 17.9 Å². The fraction of sp³-hybridized carbons (Fsp3) is 0.231. The Morgan fingerprint density at radius 1 is 1.20 bits per heavy atom. The number of aliphatic hydroxyl groups excluding tert-OH is 1. The molecule has 1 heterocycles. The minimum atomic E-state index is -3.78. The number of aliphatic hydroxyl groups is 1. The van der Waals surface area contributed by atoms with Gasteiger partial charge in [0.15, 0.2) is 0 Å². The quantitative estimate of drug-likeness (QED) is 0.765. The highest BCUT2D eigenvalue weighted by Gasteiger charge is 2.26. The van der Waals surface area contributed by atoms with Crippen LogP contribution in [0.15, 0.2) is 33.6 Å².